The second kappa shape index (κ2) is 10.6. The summed E-state index contributed by atoms with van der Waals surface area (Å²) in [6.45, 7) is 3.04. The summed E-state index contributed by atoms with van der Waals surface area (Å²) in [7, 11) is 1.19. The molecule has 0 spiro atoms. The van der Waals surface area contributed by atoms with Gasteiger partial charge in [-0.3, -0.25) is 0 Å². The van der Waals surface area contributed by atoms with E-state index in [1.165, 1.54) is 28.4 Å². The lowest BCUT2D eigenvalue weighted by molar-refractivity contribution is 0.0246. The van der Waals surface area contributed by atoms with Gasteiger partial charge in [-0.15, -0.1) is 0 Å². The SMILES string of the molecule is CO[Si](C)(CNC(=O)OCOC(=O)NC[Si](C)(OC)OC)OC. The first-order valence-corrected chi connectivity index (χ1v) is 11.8. The minimum atomic E-state index is -2.42. The van der Waals surface area contributed by atoms with Gasteiger partial charge in [-0.2, -0.15) is 0 Å². The van der Waals surface area contributed by atoms with Crippen molar-refractivity contribution in [2.45, 2.75) is 13.1 Å². The van der Waals surface area contributed by atoms with Gasteiger partial charge in [0.2, 0.25) is 6.79 Å². The van der Waals surface area contributed by atoms with Crippen LogP contribution in [0.5, 0.6) is 0 Å². The van der Waals surface area contributed by atoms with Crippen LogP contribution in [0.15, 0.2) is 0 Å². The predicted octanol–water partition coefficient (Wildman–Crippen LogP) is 0.204. The Labute approximate surface area is 138 Å². The normalized spacial score (nSPS) is 11.7. The molecule has 0 unspecified atom stereocenters. The summed E-state index contributed by atoms with van der Waals surface area (Å²) in [5.74, 6) is 0. The summed E-state index contributed by atoms with van der Waals surface area (Å²) in [6.07, 6.45) is -1.06. The van der Waals surface area contributed by atoms with Gasteiger partial charge in [0.15, 0.2) is 0 Å². The molecule has 2 amide bonds. The van der Waals surface area contributed by atoms with E-state index in [9.17, 15) is 9.59 Å². The molecule has 0 aliphatic carbocycles. The molecule has 0 aliphatic heterocycles. The maximum absolute atomic E-state index is 11.4. The van der Waals surface area contributed by atoms with Gasteiger partial charge in [0.05, 0.1) is 12.3 Å². The van der Waals surface area contributed by atoms with Crippen molar-refractivity contribution in [3.05, 3.63) is 0 Å². The van der Waals surface area contributed by atoms with Crippen LogP contribution in [0.1, 0.15) is 0 Å². The van der Waals surface area contributed by atoms with Crippen molar-refractivity contribution in [1.29, 1.82) is 0 Å². The Balaban J connectivity index is 3.93. The highest BCUT2D eigenvalue weighted by molar-refractivity contribution is 6.66. The third-order valence-electron chi connectivity index (χ3n) is 3.21. The molecule has 0 bridgehead atoms. The fraction of sp³-hybridized carbons (Fsp3) is 0.818. The molecule has 0 rings (SSSR count). The minimum absolute atomic E-state index is 0.205. The van der Waals surface area contributed by atoms with Crippen LogP contribution in [0.25, 0.3) is 0 Å². The zero-order valence-electron chi connectivity index (χ0n) is 14.4. The van der Waals surface area contributed by atoms with Crippen LogP contribution >= 0.6 is 0 Å². The molecule has 0 aromatic carbocycles. The molecule has 0 saturated carbocycles. The molecule has 0 radical (unpaired) electrons. The second-order valence-corrected chi connectivity index (χ2v) is 11.6. The van der Waals surface area contributed by atoms with Crippen molar-refractivity contribution in [1.82, 2.24) is 10.6 Å². The first kappa shape index (κ1) is 21.8. The molecule has 0 aromatic rings. The lowest BCUT2D eigenvalue weighted by Gasteiger charge is -2.23. The Hall–Kier alpha value is -1.19. The Kier molecular flexibility index (Phi) is 10.0. The molecule has 136 valence electrons. The molecule has 0 saturated heterocycles. The molecular weight excluding hydrogens is 344 g/mol. The highest BCUT2D eigenvalue weighted by atomic mass is 28.4. The third kappa shape index (κ3) is 8.87. The number of alkyl carbamates (subject to hydrolysis) is 2. The molecule has 0 aliphatic rings. The quantitative estimate of drug-likeness (QED) is 0.414. The number of carbonyl (C=O) groups excluding carboxylic acids is 2. The van der Waals surface area contributed by atoms with Crippen LogP contribution < -0.4 is 10.6 Å². The monoisotopic (exact) mass is 370 g/mol. The number of amides is 2. The summed E-state index contributed by atoms with van der Waals surface area (Å²) < 4.78 is 30.2. The van der Waals surface area contributed by atoms with Crippen LogP contribution in [0, 0.1) is 0 Å². The van der Waals surface area contributed by atoms with Gasteiger partial charge in [0.1, 0.15) is 0 Å². The number of nitrogens with one attached hydrogen (secondary N) is 2. The van der Waals surface area contributed by atoms with Gasteiger partial charge in [0, 0.05) is 28.4 Å². The van der Waals surface area contributed by atoms with Crippen molar-refractivity contribution in [2.75, 3.05) is 47.6 Å². The number of rotatable bonds is 10. The summed E-state index contributed by atoms with van der Waals surface area (Å²) in [5, 5.41) is 4.96. The Bertz CT molecular complexity index is 343. The zero-order valence-corrected chi connectivity index (χ0v) is 16.4. The molecule has 0 atom stereocenters. The van der Waals surface area contributed by atoms with E-state index in [0.717, 1.165) is 0 Å². The van der Waals surface area contributed by atoms with E-state index in [2.05, 4.69) is 10.6 Å². The lowest BCUT2D eigenvalue weighted by atomic mass is 11.0. The Morgan fingerprint density at radius 2 is 1.04 bits per heavy atom. The van der Waals surface area contributed by atoms with E-state index in [4.69, 9.17) is 27.2 Å². The smallest absolute Gasteiger partial charge is 0.409 e. The fourth-order valence-corrected chi connectivity index (χ4v) is 3.00. The van der Waals surface area contributed by atoms with Crippen LogP contribution in [-0.4, -0.2) is 76.9 Å². The van der Waals surface area contributed by atoms with E-state index < -0.39 is 36.1 Å². The van der Waals surface area contributed by atoms with Crippen molar-refractivity contribution < 1.29 is 36.8 Å². The van der Waals surface area contributed by atoms with Gasteiger partial charge in [-0.25, -0.2) is 9.59 Å². The summed E-state index contributed by atoms with van der Waals surface area (Å²) in [5.41, 5.74) is 0. The number of hydrogen-bond donors (Lipinski definition) is 2. The predicted molar refractivity (Wildman–Crippen MR) is 85.1 cm³/mol. The zero-order chi connectivity index (χ0) is 17.9. The Morgan fingerprint density at radius 1 is 0.739 bits per heavy atom. The van der Waals surface area contributed by atoms with Crippen molar-refractivity contribution in [3.8, 4) is 0 Å². The summed E-state index contributed by atoms with van der Waals surface area (Å²) >= 11 is 0. The van der Waals surface area contributed by atoms with Gasteiger partial charge in [0.25, 0.3) is 0 Å². The molecule has 12 heteroatoms. The lowest BCUT2D eigenvalue weighted by Crippen LogP contribution is -2.49. The van der Waals surface area contributed by atoms with Crippen LogP contribution in [0.2, 0.25) is 13.1 Å². The van der Waals surface area contributed by atoms with Crippen LogP contribution in [0.3, 0.4) is 0 Å². The Morgan fingerprint density at radius 3 is 1.30 bits per heavy atom. The number of carbonyl (C=O) groups is 2. The highest BCUT2D eigenvalue weighted by Gasteiger charge is 2.30. The van der Waals surface area contributed by atoms with E-state index in [1.807, 2.05) is 0 Å². The molecule has 10 nitrogen and oxygen atoms in total. The largest absolute Gasteiger partial charge is 0.412 e. The van der Waals surface area contributed by atoms with E-state index in [0.29, 0.717) is 0 Å². The fourth-order valence-electron chi connectivity index (χ4n) is 1.16. The van der Waals surface area contributed by atoms with Crippen LogP contribution in [-0.2, 0) is 27.2 Å². The van der Waals surface area contributed by atoms with E-state index in [-0.39, 0.29) is 12.3 Å². The van der Waals surface area contributed by atoms with E-state index >= 15 is 0 Å². The van der Waals surface area contributed by atoms with Crippen LogP contribution in [0.4, 0.5) is 9.59 Å². The first-order chi connectivity index (χ1) is 10.7. The minimum Gasteiger partial charge on any atom is -0.412 e. The molecule has 2 N–H and O–H groups in total. The maximum atomic E-state index is 11.4. The number of hydrogen-bond acceptors (Lipinski definition) is 8. The standard InChI is InChI=1S/C11H26N2O8Si2/c1-16-22(5,17-2)7-12-10(14)20-9-21-11(15)13-8-23(6,18-3)19-4/h7-9H2,1-6H3,(H,12,14)(H,13,15). The maximum Gasteiger partial charge on any atom is 0.409 e. The van der Waals surface area contributed by atoms with Gasteiger partial charge in [-0.05, 0) is 13.1 Å². The van der Waals surface area contributed by atoms with Gasteiger partial charge >= 0.3 is 29.3 Å². The van der Waals surface area contributed by atoms with Crippen molar-refractivity contribution in [3.63, 3.8) is 0 Å². The van der Waals surface area contributed by atoms with E-state index in [1.54, 1.807) is 13.1 Å². The average molecular weight is 371 g/mol. The average Bonchev–Trinajstić information content (AvgIpc) is 2.57. The first-order valence-electron chi connectivity index (χ1n) is 6.76. The van der Waals surface area contributed by atoms with Gasteiger partial charge in [-0.1, -0.05) is 0 Å². The van der Waals surface area contributed by atoms with Gasteiger partial charge < -0.3 is 37.8 Å². The molecular formula is C11H26N2O8Si2. The molecule has 0 aromatic heterocycles. The molecule has 0 fully saturated rings. The highest BCUT2D eigenvalue weighted by Crippen LogP contribution is 2.02. The second-order valence-electron chi connectivity index (χ2n) is 4.77. The van der Waals surface area contributed by atoms with Crippen molar-refractivity contribution in [2.24, 2.45) is 0 Å². The third-order valence-corrected chi connectivity index (χ3v) is 8.31. The topological polar surface area (TPSA) is 114 Å². The van der Waals surface area contributed by atoms with Crippen molar-refractivity contribution >= 4 is 29.3 Å². The number of ether oxygens (including phenoxy) is 2. The molecule has 0 heterocycles. The molecule has 23 heavy (non-hydrogen) atoms. The summed E-state index contributed by atoms with van der Waals surface area (Å²) in [6, 6.07) is 0. The summed E-state index contributed by atoms with van der Waals surface area (Å²) in [4.78, 5) is 22.9.